The topological polar surface area (TPSA) is 58.2 Å². The van der Waals surface area contributed by atoms with Crippen LogP contribution in [-0.2, 0) is 12.8 Å². The monoisotopic (exact) mass is 418 g/mol. The van der Waals surface area contributed by atoms with Gasteiger partial charge in [0.25, 0.3) is 11.8 Å². The molecule has 1 saturated heterocycles. The molecule has 7 heteroatoms. The van der Waals surface area contributed by atoms with Crippen molar-refractivity contribution < 1.29 is 9.59 Å². The third-order valence-corrected chi connectivity index (χ3v) is 9.17. The second-order valence-electron chi connectivity index (χ2n) is 6.72. The number of aryl methyl sites for hydroxylation is 2. The minimum Gasteiger partial charge on any atom is -0.267 e. The molecule has 1 aromatic heterocycles. The molecule has 142 valence electrons. The second kappa shape index (κ2) is 8.71. The Morgan fingerprint density at radius 2 is 1.59 bits per heavy atom. The highest BCUT2D eigenvalue weighted by Crippen LogP contribution is 2.45. The zero-order valence-corrected chi connectivity index (χ0v) is 17.4. The average molecular weight is 419 g/mol. The summed E-state index contributed by atoms with van der Waals surface area (Å²) in [7, 11) is 0. The lowest BCUT2D eigenvalue weighted by Crippen LogP contribution is -2.41. The van der Waals surface area contributed by atoms with Crippen molar-refractivity contribution in [1.29, 1.82) is 0 Å². The summed E-state index contributed by atoms with van der Waals surface area (Å²) in [6, 6.07) is 9.64. The van der Waals surface area contributed by atoms with Gasteiger partial charge in [0, 0.05) is 21.9 Å². The largest absolute Gasteiger partial charge is 0.279 e. The Morgan fingerprint density at radius 1 is 0.889 bits per heavy atom. The first-order valence-electron chi connectivity index (χ1n) is 9.26. The molecule has 2 heterocycles. The number of carbonyl (C=O) groups is 2. The van der Waals surface area contributed by atoms with Crippen molar-refractivity contribution in [2.24, 2.45) is 0 Å². The Hall–Kier alpha value is -1.44. The highest BCUT2D eigenvalue weighted by molar-refractivity contribution is 8.19. The van der Waals surface area contributed by atoms with Crippen LogP contribution in [0.2, 0.25) is 0 Å². The first kappa shape index (κ1) is 18.9. The SMILES string of the molecule is O=C(NNC(=O)c1cc2c(s1)CCCCC2)c1ccc(C2SCCS2)cc1. The number of thioether (sulfide) groups is 2. The lowest BCUT2D eigenvalue weighted by atomic mass is 10.1. The molecular weight excluding hydrogens is 396 g/mol. The Kier molecular flexibility index (Phi) is 6.10. The van der Waals surface area contributed by atoms with Crippen LogP contribution in [-0.4, -0.2) is 23.3 Å². The van der Waals surface area contributed by atoms with E-state index in [4.69, 9.17) is 0 Å². The molecular formula is C20H22N2O2S3. The van der Waals surface area contributed by atoms with Crippen LogP contribution in [0.1, 0.15) is 59.9 Å². The number of fused-ring (bicyclic) bond motifs is 1. The van der Waals surface area contributed by atoms with Crippen molar-refractivity contribution in [3.8, 4) is 0 Å². The third-order valence-electron chi connectivity index (χ3n) is 4.83. The number of hydrogen-bond acceptors (Lipinski definition) is 5. The van der Waals surface area contributed by atoms with Crippen LogP contribution in [0.25, 0.3) is 0 Å². The highest BCUT2D eigenvalue weighted by Gasteiger charge is 2.19. The zero-order valence-electron chi connectivity index (χ0n) is 15.0. The molecule has 0 saturated carbocycles. The van der Waals surface area contributed by atoms with Crippen molar-refractivity contribution in [1.82, 2.24) is 10.9 Å². The van der Waals surface area contributed by atoms with E-state index in [1.807, 2.05) is 53.9 Å². The minimum atomic E-state index is -0.292. The number of amides is 2. The van der Waals surface area contributed by atoms with Gasteiger partial charge in [-0.15, -0.1) is 34.9 Å². The van der Waals surface area contributed by atoms with Gasteiger partial charge in [0.15, 0.2) is 0 Å². The van der Waals surface area contributed by atoms with Gasteiger partial charge in [0.05, 0.1) is 9.46 Å². The van der Waals surface area contributed by atoms with Crippen LogP contribution >= 0.6 is 34.9 Å². The van der Waals surface area contributed by atoms with Gasteiger partial charge in [0.1, 0.15) is 0 Å². The molecule has 1 fully saturated rings. The first-order chi connectivity index (χ1) is 13.2. The highest BCUT2D eigenvalue weighted by atomic mass is 32.2. The van der Waals surface area contributed by atoms with Crippen LogP contribution < -0.4 is 10.9 Å². The third kappa shape index (κ3) is 4.52. The lowest BCUT2D eigenvalue weighted by molar-refractivity contribution is 0.0849. The van der Waals surface area contributed by atoms with Crippen molar-refractivity contribution >= 4 is 46.7 Å². The molecule has 4 nitrogen and oxygen atoms in total. The maximum absolute atomic E-state index is 12.4. The molecule has 2 aliphatic rings. The molecule has 0 atom stereocenters. The quantitative estimate of drug-likeness (QED) is 0.566. The van der Waals surface area contributed by atoms with E-state index in [1.54, 1.807) is 11.3 Å². The first-order valence-corrected chi connectivity index (χ1v) is 12.2. The summed E-state index contributed by atoms with van der Waals surface area (Å²) in [6.07, 6.45) is 5.75. The standard InChI is InChI=1S/C20H22N2O2S3/c23-18(13-6-8-14(9-7-13)20-25-10-11-26-20)21-22-19(24)17-12-15-4-2-1-3-5-16(15)27-17/h6-9,12,20H,1-5,10-11H2,(H,21,23)(H,22,24). The van der Waals surface area contributed by atoms with Crippen LogP contribution in [0.3, 0.4) is 0 Å². The van der Waals surface area contributed by atoms with E-state index in [1.165, 1.54) is 46.8 Å². The normalized spacial score (nSPS) is 17.2. The maximum atomic E-state index is 12.4. The van der Waals surface area contributed by atoms with Crippen molar-refractivity contribution in [3.63, 3.8) is 0 Å². The molecule has 2 aromatic rings. The summed E-state index contributed by atoms with van der Waals surface area (Å²) < 4.78 is 0.468. The number of rotatable bonds is 3. The predicted octanol–water partition coefficient (Wildman–Crippen LogP) is 4.57. The van der Waals surface area contributed by atoms with E-state index < -0.39 is 0 Å². The van der Waals surface area contributed by atoms with Gasteiger partial charge in [-0.2, -0.15) is 0 Å². The number of nitrogens with one attached hydrogen (secondary N) is 2. The van der Waals surface area contributed by atoms with E-state index in [2.05, 4.69) is 10.9 Å². The summed E-state index contributed by atoms with van der Waals surface area (Å²) >= 11 is 5.43. The number of thiophene rings is 1. The van der Waals surface area contributed by atoms with Crippen LogP contribution in [0.5, 0.6) is 0 Å². The summed E-state index contributed by atoms with van der Waals surface area (Å²) in [5.74, 6) is 1.82. The molecule has 0 spiro atoms. The van der Waals surface area contributed by atoms with Crippen LogP contribution in [0, 0.1) is 0 Å². The fourth-order valence-corrected chi connectivity index (χ4v) is 7.38. The van der Waals surface area contributed by atoms with Crippen molar-refractivity contribution in [3.05, 3.63) is 56.8 Å². The van der Waals surface area contributed by atoms with Gasteiger partial charge in [-0.05, 0) is 55.0 Å². The summed E-state index contributed by atoms with van der Waals surface area (Å²) in [5.41, 5.74) is 8.18. The summed E-state index contributed by atoms with van der Waals surface area (Å²) in [5, 5.41) is 0. The number of hydrazine groups is 1. The smallest absolute Gasteiger partial charge is 0.267 e. The fourth-order valence-electron chi connectivity index (χ4n) is 3.37. The van der Waals surface area contributed by atoms with Gasteiger partial charge in [-0.25, -0.2) is 0 Å². The summed E-state index contributed by atoms with van der Waals surface area (Å²) in [4.78, 5) is 26.7. The van der Waals surface area contributed by atoms with Gasteiger partial charge < -0.3 is 0 Å². The maximum Gasteiger partial charge on any atom is 0.279 e. The molecule has 1 aliphatic heterocycles. The molecule has 0 unspecified atom stereocenters. The fraction of sp³-hybridized carbons (Fsp3) is 0.400. The van der Waals surface area contributed by atoms with E-state index in [0.717, 1.165) is 12.8 Å². The predicted molar refractivity (Wildman–Crippen MR) is 115 cm³/mol. The van der Waals surface area contributed by atoms with E-state index in [9.17, 15) is 9.59 Å². The van der Waals surface area contributed by atoms with E-state index in [-0.39, 0.29) is 11.8 Å². The van der Waals surface area contributed by atoms with Gasteiger partial charge in [-0.3, -0.25) is 20.4 Å². The Labute approximate surface area is 171 Å². The van der Waals surface area contributed by atoms with Crippen LogP contribution in [0.4, 0.5) is 0 Å². The number of carbonyl (C=O) groups excluding carboxylic acids is 2. The molecule has 0 radical (unpaired) electrons. The van der Waals surface area contributed by atoms with Gasteiger partial charge in [-0.1, -0.05) is 18.6 Å². The number of hydrogen-bond donors (Lipinski definition) is 2. The minimum absolute atomic E-state index is 0.239. The molecule has 1 aliphatic carbocycles. The van der Waals surface area contributed by atoms with Crippen molar-refractivity contribution in [2.75, 3.05) is 11.5 Å². The lowest BCUT2D eigenvalue weighted by Gasteiger charge is -2.10. The molecule has 27 heavy (non-hydrogen) atoms. The van der Waals surface area contributed by atoms with Gasteiger partial charge in [0.2, 0.25) is 0 Å². The van der Waals surface area contributed by atoms with E-state index >= 15 is 0 Å². The van der Waals surface area contributed by atoms with Gasteiger partial charge >= 0.3 is 0 Å². The van der Waals surface area contributed by atoms with Crippen molar-refractivity contribution in [2.45, 2.75) is 36.7 Å². The molecule has 2 N–H and O–H groups in total. The number of benzene rings is 1. The zero-order chi connectivity index (χ0) is 18.6. The molecule has 0 bridgehead atoms. The molecule has 1 aromatic carbocycles. The average Bonchev–Trinajstić information content (AvgIpc) is 3.32. The molecule has 2 amide bonds. The summed E-state index contributed by atoms with van der Waals surface area (Å²) in [6.45, 7) is 0. The Balaban J connectivity index is 1.34. The molecule has 4 rings (SSSR count). The Bertz CT molecular complexity index is 803. The Morgan fingerprint density at radius 3 is 2.37 bits per heavy atom. The van der Waals surface area contributed by atoms with E-state index in [0.29, 0.717) is 15.0 Å². The second-order valence-corrected chi connectivity index (χ2v) is 10.6. The van der Waals surface area contributed by atoms with Crippen LogP contribution in [0.15, 0.2) is 30.3 Å².